The summed E-state index contributed by atoms with van der Waals surface area (Å²) in [4.78, 5) is 16.0. The lowest BCUT2D eigenvalue weighted by Crippen LogP contribution is -2.10. The van der Waals surface area contributed by atoms with Crippen LogP contribution in [0.1, 0.15) is 40.8 Å². The van der Waals surface area contributed by atoms with Crippen LogP contribution in [0.3, 0.4) is 0 Å². The lowest BCUT2D eigenvalue weighted by molar-refractivity contribution is 0.879. The third kappa shape index (κ3) is 6.63. The van der Waals surface area contributed by atoms with Crippen LogP contribution in [0.15, 0.2) is 177 Å². The first-order chi connectivity index (χ1) is 24.7. The van der Waals surface area contributed by atoms with Crippen molar-refractivity contribution in [3.63, 3.8) is 0 Å². The monoisotopic (exact) mass is 663 g/mol. The Morgan fingerprint density at radius 3 is 2.06 bits per heavy atom. The minimum atomic E-state index is 0.549. The van der Waals surface area contributed by atoms with E-state index in [1.165, 1.54) is 42.8 Å². The van der Waals surface area contributed by atoms with Crippen molar-refractivity contribution in [2.24, 2.45) is 15.0 Å². The molecule has 242 valence electrons. The van der Waals surface area contributed by atoms with Crippen molar-refractivity contribution in [3.8, 4) is 22.3 Å². The number of amidine groups is 2. The second-order valence-corrected chi connectivity index (χ2v) is 13.8. The van der Waals surface area contributed by atoms with E-state index in [1.807, 2.05) is 29.5 Å². The Bertz CT molecular complexity index is 2340. The molecule has 6 aromatic rings. The molecule has 0 bridgehead atoms. The summed E-state index contributed by atoms with van der Waals surface area (Å²) < 4.78 is 1.37. The van der Waals surface area contributed by atoms with E-state index < -0.39 is 0 Å². The molecule has 0 saturated heterocycles. The SMILES string of the molecule is C=N/C(=N\C(=N/Cc1ccccc1)C1=CC=C(C2=Cc3sc4cccc(-c5ccccc5)c4c3CC2)CC1)c1cccc(-c2ccccc2)c1. The van der Waals surface area contributed by atoms with Crippen LogP contribution in [0.25, 0.3) is 38.4 Å². The van der Waals surface area contributed by atoms with Crippen molar-refractivity contribution < 1.29 is 0 Å². The number of aryl methyl sites for hydroxylation is 1. The largest absolute Gasteiger partial charge is 0.262 e. The fourth-order valence-electron chi connectivity index (χ4n) is 7.01. The van der Waals surface area contributed by atoms with E-state index in [-0.39, 0.29) is 0 Å². The molecule has 0 radical (unpaired) electrons. The van der Waals surface area contributed by atoms with Crippen molar-refractivity contribution >= 4 is 45.9 Å². The first-order valence-electron chi connectivity index (χ1n) is 17.2. The predicted octanol–water partition coefficient (Wildman–Crippen LogP) is 12.0. The first-order valence-corrected chi connectivity index (χ1v) is 18.1. The van der Waals surface area contributed by atoms with Crippen LogP contribution in [0, 0.1) is 0 Å². The van der Waals surface area contributed by atoms with Gasteiger partial charge in [0, 0.05) is 20.5 Å². The number of thiophene rings is 1. The highest BCUT2D eigenvalue weighted by molar-refractivity contribution is 7.20. The van der Waals surface area contributed by atoms with Crippen LogP contribution < -0.4 is 0 Å². The summed E-state index contributed by atoms with van der Waals surface area (Å²) >= 11 is 1.92. The van der Waals surface area contributed by atoms with E-state index in [4.69, 9.17) is 9.98 Å². The number of hydrogen-bond donors (Lipinski definition) is 0. The summed E-state index contributed by atoms with van der Waals surface area (Å²) in [5.74, 6) is 1.29. The van der Waals surface area contributed by atoms with E-state index >= 15 is 0 Å². The highest BCUT2D eigenvalue weighted by Gasteiger charge is 2.22. The highest BCUT2D eigenvalue weighted by Crippen LogP contribution is 2.44. The Kier molecular flexibility index (Phi) is 9.10. The molecule has 0 N–H and O–H groups in total. The van der Waals surface area contributed by atoms with Gasteiger partial charge in [-0.2, -0.15) is 0 Å². The maximum Gasteiger partial charge on any atom is 0.161 e. The Morgan fingerprint density at radius 2 is 1.32 bits per heavy atom. The van der Waals surface area contributed by atoms with Crippen LogP contribution in [-0.4, -0.2) is 18.4 Å². The molecule has 5 aromatic carbocycles. The zero-order valence-electron chi connectivity index (χ0n) is 27.9. The minimum Gasteiger partial charge on any atom is -0.262 e. The summed E-state index contributed by atoms with van der Waals surface area (Å²) in [6.07, 6.45) is 10.9. The van der Waals surface area contributed by atoms with E-state index in [9.17, 15) is 0 Å². The van der Waals surface area contributed by atoms with E-state index in [1.54, 1.807) is 0 Å². The lowest BCUT2D eigenvalue weighted by Gasteiger charge is -2.21. The number of fused-ring (bicyclic) bond motifs is 3. The Labute approximate surface area is 298 Å². The zero-order chi connectivity index (χ0) is 33.7. The summed E-state index contributed by atoms with van der Waals surface area (Å²) in [5.41, 5.74) is 12.4. The summed E-state index contributed by atoms with van der Waals surface area (Å²) in [6.45, 7) is 4.46. The predicted molar refractivity (Wildman–Crippen MR) is 215 cm³/mol. The first kappa shape index (κ1) is 31.6. The van der Waals surface area contributed by atoms with Gasteiger partial charge in [-0.05, 0) is 101 Å². The molecule has 0 spiro atoms. The van der Waals surface area contributed by atoms with E-state index in [0.717, 1.165) is 59.3 Å². The summed E-state index contributed by atoms with van der Waals surface area (Å²) in [6, 6.07) is 46.6. The third-order valence-electron chi connectivity index (χ3n) is 9.57. The van der Waals surface area contributed by atoms with Gasteiger partial charge in [-0.15, -0.1) is 11.3 Å². The van der Waals surface area contributed by atoms with Crippen LogP contribution >= 0.6 is 11.3 Å². The van der Waals surface area contributed by atoms with Crippen LogP contribution in [0.2, 0.25) is 0 Å². The average Bonchev–Trinajstić information content (AvgIpc) is 3.57. The van der Waals surface area contributed by atoms with Crippen molar-refractivity contribution in [1.29, 1.82) is 0 Å². The van der Waals surface area contributed by atoms with Gasteiger partial charge in [-0.25, -0.2) is 9.98 Å². The molecule has 0 amide bonds. The van der Waals surface area contributed by atoms with Gasteiger partial charge in [-0.3, -0.25) is 4.99 Å². The normalized spacial score (nSPS) is 14.8. The van der Waals surface area contributed by atoms with Crippen LogP contribution in [0.4, 0.5) is 0 Å². The number of hydrogen-bond acceptors (Lipinski definition) is 2. The molecule has 8 rings (SSSR count). The molecule has 3 nitrogen and oxygen atoms in total. The van der Waals surface area contributed by atoms with Gasteiger partial charge in [0.05, 0.1) is 6.54 Å². The second kappa shape index (κ2) is 14.4. The Balaban J connectivity index is 1.12. The lowest BCUT2D eigenvalue weighted by atomic mass is 9.85. The summed E-state index contributed by atoms with van der Waals surface area (Å²) in [5, 5.41) is 1.42. The molecule has 0 saturated carbocycles. The number of allylic oxidation sites excluding steroid dienone is 4. The molecule has 4 heteroatoms. The molecule has 1 aromatic heterocycles. The smallest absolute Gasteiger partial charge is 0.161 e. The van der Waals surface area contributed by atoms with Gasteiger partial charge in [0.25, 0.3) is 0 Å². The fourth-order valence-corrected chi connectivity index (χ4v) is 8.25. The molecule has 0 fully saturated rings. The standard InChI is InChI=1S/C46H37N3S/c1-47-45(39-20-11-19-37(29-39)33-15-7-3-8-16-33)49-46(48-31-32-13-5-2-6-14-32)36-25-23-34(24-26-36)38-27-28-41-43(30-38)50-42-22-12-21-40(44(41)42)35-17-9-4-10-18-35/h2-23,25,29-30H,1,24,26-28,31H2/b48-46-,49-45-. The maximum atomic E-state index is 5.09. The molecular formula is C46H37N3S. The molecule has 1 heterocycles. The van der Waals surface area contributed by atoms with Gasteiger partial charge in [0.15, 0.2) is 11.7 Å². The van der Waals surface area contributed by atoms with Gasteiger partial charge < -0.3 is 0 Å². The van der Waals surface area contributed by atoms with Crippen LogP contribution in [-0.2, 0) is 13.0 Å². The van der Waals surface area contributed by atoms with Crippen molar-refractivity contribution in [2.75, 3.05) is 0 Å². The quantitative estimate of drug-likeness (QED) is 0.120. The maximum absolute atomic E-state index is 5.09. The zero-order valence-corrected chi connectivity index (χ0v) is 28.7. The summed E-state index contributed by atoms with van der Waals surface area (Å²) in [7, 11) is 0. The highest BCUT2D eigenvalue weighted by atomic mass is 32.1. The average molecular weight is 664 g/mol. The number of aliphatic imine (C=N–C) groups is 3. The van der Waals surface area contributed by atoms with E-state index in [2.05, 4.69) is 145 Å². The van der Waals surface area contributed by atoms with Gasteiger partial charge >= 0.3 is 0 Å². The number of rotatable bonds is 7. The molecule has 2 aliphatic carbocycles. The molecule has 0 aliphatic heterocycles. The Hall–Kier alpha value is -5.71. The van der Waals surface area contributed by atoms with Crippen molar-refractivity contribution in [3.05, 3.63) is 184 Å². The van der Waals surface area contributed by atoms with Gasteiger partial charge in [-0.1, -0.05) is 133 Å². The third-order valence-corrected chi connectivity index (χ3v) is 10.7. The van der Waals surface area contributed by atoms with Gasteiger partial charge in [0.2, 0.25) is 0 Å². The van der Waals surface area contributed by atoms with Gasteiger partial charge in [0.1, 0.15) is 0 Å². The molecule has 2 aliphatic rings. The molecule has 0 unspecified atom stereocenters. The molecular weight excluding hydrogens is 627 g/mol. The molecule has 50 heavy (non-hydrogen) atoms. The van der Waals surface area contributed by atoms with Crippen molar-refractivity contribution in [1.82, 2.24) is 0 Å². The fraction of sp³-hybridized carbons (Fsp3) is 0.109. The topological polar surface area (TPSA) is 37.1 Å². The minimum absolute atomic E-state index is 0.549. The van der Waals surface area contributed by atoms with Crippen molar-refractivity contribution in [2.45, 2.75) is 32.2 Å². The number of nitrogens with zero attached hydrogens (tertiary/aromatic N) is 3. The van der Waals surface area contributed by atoms with E-state index in [0.29, 0.717) is 12.4 Å². The second-order valence-electron chi connectivity index (χ2n) is 12.7. The number of benzene rings is 5. The Morgan fingerprint density at radius 1 is 0.620 bits per heavy atom. The molecule has 0 atom stereocenters. The van der Waals surface area contributed by atoms with Crippen LogP contribution in [0.5, 0.6) is 0 Å².